The van der Waals surface area contributed by atoms with E-state index in [0.29, 0.717) is 6.54 Å². The summed E-state index contributed by atoms with van der Waals surface area (Å²) in [4.78, 5) is 23.7. The van der Waals surface area contributed by atoms with Crippen LogP contribution in [0, 0.1) is 0 Å². The molecule has 5 heteroatoms. The molecule has 3 N–H and O–H groups in total. The van der Waals surface area contributed by atoms with Gasteiger partial charge in [0.2, 0.25) is 5.91 Å². The second-order valence-corrected chi connectivity index (χ2v) is 5.02. The van der Waals surface area contributed by atoms with Crippen molar-refractivity contribution in [2.75, 3.05) is 6.54 Å². The third kappa shape index (κ3) is 3.98. The average Bonchev–Trinajstić information content (AvgIpc) is 2.38. The van der Waals surface area contributed by atoms with Crippen LogP contribution in [-0.2, 0) is 4.79 Å². The van der Waals surface area contributed by atoms with Gasteiger partial charge in [0.25, 0.3) is 5.91 Å². The van der Waals surface area contributed by atoms with Gasteiger partial charge in [0.15, 0.2) is 0 Å². The van der Waals surface area contributed by atoms with Crippen LogP contribution in [0.5, 0.6) is 5.75 Å². The normalized spacial score (nSPS) is 12.1. The molecule has 0 aromatic heterocycles. The highest BCUT2D eigenvalue weighted by Gasteiger charge is 2.18. The lowest BCUT2D eigenvalue weighted by molar-refractivity contribution is -0.122. The SMILES string of the molecule is CCNC(=O)[C@H](C)NC(=O)c1cc(C(C)C)ccc1O. The molecule has 0 aliphatic rings. The third-order valence-electron chi connectivity index (χ3n) is 3.02. The summed E-state index contributed by atoms with van der Waals surface area (Å²) >= 11 is 0. The molecule has 0 heterocycles. The Morgan fingerprint density at radius 2 is 1.90 bits per heavy atom. The van der Waals surface area contributed by atoms with Gasteiger partial charge in [0.1, 0.15) is 11.8 Å². The Bertz CT molecular complexity index is 498. The number of hydrogen-bond donors (Lipinski definition) is 3. The van der Waals surface area contributed by atoms with Gasteiger partial charge in [-0.3, -0.25) is 9.59 Å². The fraction of sp³-hybridized carbons (Fsp3) is 0.467. The van der Waals surface area contributed by atoms with Gasteiger partial charge in [0, 0.05) is 6.54 Å². The van der Waals surface area contributed by atoms with Crippen molar-refractivity contribution in [3.05, 3.63) is 29.3 Å². The molecule has 0 fully saturated rings. The molecule has 20 heavy (non-hydrogen) atoms. The van der Waals surface area contributed by atoms with Crippen molar-refractivity contribution in [2.45, 2.75) is 39.7 Å². The summed E-state index contributed by atoms with van der Waals surface area (Å²) in [5.41, 5.74) is 1.14. The molecule has 2 amide bonds. The predicted octanol–water partition coefficient (Wildman–Crippen LogP) is 1.77. The molecule has 0 radical (unpaired) electrons. The molecule has 1 aromatic carbocycles. The number of amides is 2. The zero-order chi connectivity index (χ0) is 15.3. The molecule has 0 saturated heterocycles. The first kappa shape index (κ1) is 16.0. The van der Waals surface area contributed by atoms with Gasteiger partial charge in [-0.2, -0.15) is 0 Å². The number of nitrogens with one attached hydrogen (secondary N) is 2. The Labute approximate surface area is 119 Å². The molecule has 5 nitrogen and oxygen atoms in total. The second kappa shape index (κ2) is 6.93. The first-order valence-electron chi connectivity index (χ1n) is 6.78. The largest absolute Gasteiger partial charge is 0.507 e. The maximum atomic E-state index is 12.1. The topological polar surface area (TPSA) is 78.4 Å². The Morgan fingerprint density at radius 3 is 2.45 bits per heavy atom. The van der Waals surface area contributed by atoms with Gasteiger partial charge in [-0.15, -0.1) is 0 Å². The zero-order valence-electron chi connectivity index (χ0n) is 12.4. The summed E-state index contributed by atoms with van der Waals surface area (Å²) in [6, 6.07) is 4.29. The van der Waals surface area contributed by atoms with E-state index >= 15 is 0 Å². The fourth-order valence-electron chi connectivity index (χ4n) is 1.76. The van der Waals surface area contributed by atoms with Gasteiger partial charge < -0.3 is 15.7 Å². The number of hydrogen-bond acceptors (Lipinski definition) is 3. The molecular formula is C15H22N2O3. The van der Waals surface area contributed by atoms with Crippen LogP contribution in [0.3, 0.4) is 0 Å². The average molecular weight is 278 g/mol. The molecule has 0 spiro atoms. The van der Waals surface area contributed by atoms with E-state index in [4.69, 9.17) is 0 Å². The first-order valence-corrected chi connectivity index (χ1v) is 6.78. The minimum absolute atomic E-state index is 0.0880. The molecule has 0 aliphatic heterocycles. The van der Waals surface area contributed by atoms with E-state index in [0.717, 1.165) is 5.56 Å². The minimum Gasteiger partial charge on any atom is -0.507 e. The summed E-state index contributed by atoms with van der Waals surface area (Å²) in [5.74, 6) is -0.540. The highest BCUT2D eigenvalue weighted by atomic mass is 16.3. The van der Waals surface area contributed by atoms with Crippen molar-refractivity contribution in [1.29, 1.82) is 0 Å². The van der Waals surface area contributed by atoms with Gasteiger partial charge in [-0.25, -0.2) is 0 Å². The predicted molar refractivity (Wildman–Crippen MR) is 77.8 cm³/mol. The van der Waals surface area contributed by atoms with Crippen molar-refractivity contribution in [2.24, 2.45) is 0 Å². The number of carbonyl (C=O) groups is 2. The van der Waals surface area contributed by atoms with Crippen molar-refractivity contribution >= 4 is 11.8 Å². The fourth-order valence-corrected chi connectivity index (χ4v) is 1.76. The Kier molecular flexibility index (Phi) is 5.55. The summed E-state index contributed by atoms with van der Waals surface area (Å²) in [6.45, 7) is 7.93. The minimum atomic E-state index is -0.649. The molecule has 0 saturated carbocycles. The standard InChI is InChI=1S/C15H22N2O3/c1-5-16-14(19)10(4)17-15(20)12-8-11(9(2)3)6-7-13(12)18/h6-10,18H,5H2,1-4H3,(H,16,19)(H,17,20)/t10-/m0/s1. The van der Waals surface area contributed by atoms with Gasteiger partial charge in [0.05, 0.1) is 5.56 Å². The third-order valence-corrected chi connectivity index (χ3v) is 3.02. The highest BCUT2D eigenvalue weighted by molar-refractivity contribution is 5.99. The summed E-state index contributed by atoms with van der Waals surface area (Å²) < 4.78 is 0. The number of benzene rings is 1. The van der Waals surface area contributed by atoms with Crippen LogP contribution in [-0.4, -0.2) is 29.5 Å². The summed E-state index contributed by atoms with van der Waals surface area (Å²) in [5, 5.41) is 15.0. The van der Waals surface area contributed by atoms with Gasteiger partial charge in [-0.05, 0) is 37.5 Å². The van der Waals surface area contributed by atoms with Crippen molar-refractivity contribution in [1.82, 2.24) is 10.6 Å². The van der Waals surface area contributed by atoms with E-state index in [1.165, 1.54) is 6.07 Å². The van der Waals surface area contributed by atoms with E-state index in [1.54, 1.807) is 19.1 Å². The van der Waals surface area contributed by atoms with E-state index in [-0.39, 0.29) is 23.1 Å². The quantitative estimate of drug-likeness (QED) is 0.768. The maximum Gasteiger partial charge on any atom is 0.255 e. The zero-order valence-corrected chi connectivity index (χ0v) is 12.4. The van der Waals surface area contributed by atoms with E-state index in [2.05, 4.69) is 10.6 Å². The van der Waals surface area contributed by atoms with E-state index in [9.17, 15) is 14.7 Å². The van der Waals surface area contributed by atoms with Crippen LogP contribution in [0.2, 0.25) is 0 Å². The number of rotatable bonds is 5. The van der Waals surface area contributed by atoms with Crippen LogP contribution in [0.25, 0.3) is 0 Å². The lowest BCUT2D eigenvalue weighted by atomic mass is 10.00. The number of carbonyl (C=O) groups excluding carboxylic acids is 2. The molecular weight excluding hydrogens is 256 g/mol. The van der Waals surface area contributed by atoms with E-state index < -0.39 is 11.9 Å². The van der Waals surface area contributed by atoms with Crippen molar-refractivity contribution in [3.8, 4) is 5.75 Å². The number of likely N-dealkylation sites (N-methyl/N-ethyl adjacent to an activating group) is 1. The number of aromatic hydroxyl groups is 1. The van der Waals surface area contributed by atoms with Crippen molar-refractivity contribution < 1.29 is 14.7 Å². The van der Waals surface area contributed by atoms with Gasteiger partial charge in [-0.1, -0.05) is 19.9 Å². The monoisotopic (exact) mass is 278 g/mol. The first-order chi connectivity index (χ1) is 9.36. The lowest BCUT2D eigenvalue weighted by Gasteiger charge is -2.15. The molecule has 1 aromatic rings. The summed E-state index contributed by atoms with van der Waals surface area (Å²) in [7, 11) is 0. The molecule has 1 rings (SSSR count). The van der Waals surface area contributed by atoms with Crippen LogP contribution < -0.4 is 10.6 Å². The second-order valence-electron chi connectivity index (χ2n) is 5.02. The molecule has 1 atom stereocenters. The lowest BCUT2D eigenvalue weighted by Crippen LogP contribution is -2.44. The van der Waals surface area contributed by atoms with Crippen LogP contribution in [0.1, 0.15) is 49.5 Å². The molecule has 0 aliphatic carbocycles. The molecule has 0 unspecified atom stereocenters. The molecule has 110 valence electrons. The summed E-state index contributed by atoms with van der Waals surface area (Å²) in [6.07, 6.45) is 0. The van der Waals surface area contributed by atoms with Crippen LogP contribution in [0.4, 0.5) is 0 Å². The van der Waals surface area contributed by atoms with Crippen LogP contribution in [0.15, 0.2) is 18.2 Å². The Morgan fingerprint density at radius 1 is 1.25 bits per heavy atom. The number of phenolic OH excluding ortho intramolecular Hbond substituents is 1. The van der Waals surface area contributed by atoms with Gasteiger partial charge >= 0.3 is 0 Å². The maximum absolute atomic E-state index is 12.1. The van der Waals surface area contributed by atoms with Crippen LogP contribution >= 0.6 is 0 Å². The van der Waals surface area contributed by atoms with E-state index in [1.807, 2.05) is 20.8 Å². The van der Waals surface area contributed by atoms with Crippen molar-refractivity contribution in [3.63, 3.8) is 0 Å². The highest BCUT2D eigenvalue weighted by Crippen LogP contribution is 2.23. The Balaban J connectivity index is 2.87. The Hall–Kier alpha value is -2.04. The smallest absolute Gasteiger partial charge is 0.255 e. The number of phenols is 1. The molecule has 0 bridgehead atoms.